The van der Waals surface area contributed by atoms with Crippen LogP contribution in [0.15, 0.2) is 44.7 Å². The van der Waals surface area contributed by atoms with Crippen LogP contribution in [0.2, 0.25) is 0 Å². The van der Waals surface area contributed by atoms with Crippen LogP contribution in [-0.2, 0) is 10.0 Å². The Morgan fingerprint density at radius 3 is 2.60 bits per heavy atom. The molecule has 0 unspecified atom stereocenters. The van der Waals surface area contributed by atoms with Crippen LogP contribution in [0.3, 0.4) is 0 Å². The quantitative estimate of drug-likeness (QED) is 0.436. The molecular formula is C11H12N4O4S. The average molecular weight is 296 g/mol. The Balaban J connectivity index is 2.19. The van der Waals surface area contributed by atoms with Crippen LogP contribution >= 0.6 is 0 Å². The summed E-state index contributed by atoms with van der Waals surface area (Å²) in [4.78, 5) is 3.87. The molecule has 9 heteroatoms. The second kappa shape index (κ2) is 5.72. The lowest BCUT2D eigenvalue weighted by atomic mass is 10.3. The van der Waals surface area contributed by atoms with Crippen molar-refractivity contribution >= 4 is 27.9 Å². The maximum Gasteiger partial charge on any atom is 0.263 e. The molecule has 106 valence electrons. The molecule has 0 amide bonds. The molecule has 0 bridgehead atoms. The molecule has 0 spiro atoms. The van der Waals surface area contributed by atoms with Crippen LogP contribution < -0.4 is 10.2 Å². The Hall–Kier alpha value is -2.39. The molecule has 1 aromatic heterocycles. The van der Waals surface area contributed by atoms with Gasteiger partial charge in [0.25, 0.3) is 10.0 Å². The van der Waals surface area contributed by atoms with Crippen LogP contribution in [0.25, 0.3) is 0 Å². The van der Waals surface area contributed by atoms with Gasteiger partial charge in [-0.25, -0.2) is 13.4 Å². The number of hydroxylamine groups is 1. The lowest BCUT2D eigenvalue weighted by Gasteiger charge is -2.04. The predicted molar refractivity (Wildman–Crippen MR) is 71.6 cm³/mol. The Labute approximate surface area is 115 Å². The van der Waals surface area contributed by atoms with Crippen molar-refractivity contribution in [1.82, 2.24) is 10.6 Å². The van der Waals surface area contributed by atoms with Gasteiger partial charge < -0.3 is 4.52 Å². The second-order valence-corrected chi connectivity index (χ2v) is 5.49. The largest absolute Gasteiger partial charge is 0.360 e. The molecule has 2 rings (SSSR count). The first-order valence-corrected chi connectivity index (χ1v) is 6.98. The SMILES string of the molecule is Cc1cc(NS(=O)(=O)c2ccc(N=CNO)cc2)no1. The highest BCUT2D eigenvalue weighted by molar-refractivity contribution is 7.92. The smallest absolute Gasteiger partial charge is 0.263 e. The van der Waals surface area contributed by atoms with Crippen molar-refractivity contribution in [1.29, 1.82) is 0 Å². The van der Waals surface area contributed by atoms with E-state index in [4.69, 9.17) is 9.73 Å². The Morgan fingerprint density at radius 1 is 1.35 bits per heavy atom. The molecule has 0 atom stereocenters. The standard InChI is InChI=1S/C11H12N4O4S/c1-8-6-11(14-19-8)15-20(17,18)10-4-2-9(3-5-10)12-7-13-16/h2-7,16H,1H3,(H,12,13)(H,14,15). The normalized spacial score (nSPS) is 11.7. The van der Waals surface area contributed by atoms with Crippen molar-refractivity contribution in [3.8, 4) is 0 Å². The van der Waals surface area contributed by atoms with Gasteiger partial charge in [-0.2, -0.15) is 0 Å². The molecule has 0 fully saturated rings. The van der Waals surface area contributed by atoms with Crippen molar-refractivity contribution in [3.63, 3.8) is 0 Å². The van der Waals surface area contributed by atoms with Crippen LogP contribution in [0.4, 0.5) is 11.5 Å². The van der Waals surface area contributed by atoms with Gasteiger partial charge in [0.15, 0.2) is 5.82 Å². The zero-order chi connectivity index (χ0) is 14.6. The van der Waals surface area contributed by atoms with Crippen molar-refractivity contribution in [2.45, 2.75) is 11.8 Å². The number of anilines is 1. The number of rotatable bonds is 5. The minimum Gasteiger partial charge on any atom is -0.360 e. The molecule has 0 aliphatic carbocycles. The highest BCUT2D eigenvalue weighted by Crippen LogP contribution is 2.19. The number of nitrogens with zero attached hydrogens (tertiary/aromatic N) is 2. The monoisotopic (exact) mass is 296 g/mol. The van der Waals surface area contributed by atoms with Gasteiger partial charge in [-0.15, -0.1) is 0 Å². The summed E-state index contributed by atoms with van der Waals surface area (Å²) in [6.07, 6.45) is 1.07. The summed E-state index contributed by atoms with van der Waals surface area (Å²) >= 11 is 0. The lowest BCUT2D eigenvalue weighted by Crippen LogP contribution is -2.12. The van der Waals surface area contributed by atoms with E-state index >= 15 is 0 Å². The van der Waals surface area contributed by atoms with E-state index in [1.54, 1.807) is 12.4 Å². The molecular weight excluding hydrogens is 284 g/mol. The average Bonchev–Trinajstić information content (AvgIpc) is 2.81. The van der Waals surface area contributed by atoms with Gasteiger partial charge in [-0.3, -0.25) is 15.4 Å². The van der Waals surface area contributed by atoms with E-state index in [0.717, 1.165) is 6.34 Å². The first kappa shape index (κ1) is 14.0. The van der Waals surface area contributed by atoms with E-state index in [2.05, 4.69) is 14.9 Å². The number of aromatic nitrogens is 1. The van der Waals surface area contributed by atoms with Gasteiger partial charge in [-0.1, -0.05) is 5.16 Å². The molecule has 2 aromatic rings. The minimum atomic E-state index is -3.73. The Morgan fingerprint density at radius 2 is 2.05 bits per heavy atom. The minimum absolute atomic E-state index is 0.0639. The summed E-state index contributed by atoms with van der Waals surface area (Å²) in [5.74, 6) is 0.623. The fourth-order valence-electron chi connectivity index (χ4n) is 1.43. The molecule has 3 N–H and O–H groups in total. The summed E-state index contributed by atoms with van der Waals surface area (Å²) in [7, 11) is -3.73. The van der Waals surface area contributed by atoms with Gasteiger partial charge in [-0.05, 0) is 31.2 Å². The molecule has 0 saturated carbocycles. The third-order valence-electron chi connectivity index (χ3n) is 2.29. The number of hydrogen-bond donors (Lipinski definition) is 3. The van der Waals surface area contributed by atoms with E-state index < -0.39 is 10.0 Å². The topological polar surface area (TPSA) is 117 Å². The molecule has 0 radical (unpaired) electrons. The van der Waals surface area contributed by atoms with Crippen LogP contribution in [0.1, 0.15) is 5.76 Å². The molecule has 8 nitrogen and oxygen atoms in total. The maximum absolute atomic E-state index is 12.1. The van der Waals surface area contributed by atoms with E-state index in [1.165, 1.54) is 30.3 Å². The van der Waals surface area contributed by atoms with Crippen LogP contribution in [0, 0.1) is 6.92 Å². The third kappa shape index (κ3) is 3.33. The van der Waals surface area contributed by atoms with Crippen molar-refractivity contribution in [2.75, 3.05) is 4.72 Å². The van der Waals surface area contributed by atoms with E-state index in [-0.39, 0.29) is 10.7 Å². The van der Waals surface area contributed by atoms with Crippen molar-refractivity contribution in [3.05, 3.63) is 36.1 Å². The summed E-state index contributed by atoms with van der Waals surface area (Å²) < 4.78 is 31.2. The highest BCUT2D eigenvalue weighted by atomic mass is 32.2. The van der Waals surface area contributed by atoms with Crippen molar-refractivity contribution in [2.24, 2.45) is 4.99 Å². The predicted octanol–water partition coefficient (Wildman–Crippen LogP) is 1.42. The highest BCUT2D eigenvalue weighted by Gasteiger charge is 2.15. The molecule has 0 saturated heterocycles. The number of aryl methyl sites for hydroxylation is 1. The van der Waals surface area contributed by atoms with E-state index in [1.807, 2.05) is 0 Å². The molecule has 0 aliphatic rings. The first-order valence-electron chi connectivity index (χ1n) is 5.49. The number of hydrogen-bond acceptors (Lipinski definition) is 6. The molecule has 0 aliphatic heterocycles. The molecule has 1 aromatic carbocycles. The van der Waals surface area contributed by atoms with Crippen molar-refractivity contribution < 1.29 is 18.1 Å². The number of aliphatic imine (C=N–C) groups is 1. The number of sulfonamides is 1. The summed E-state index contributed by atoms with van der Waals surface area (Å²) in [6.45, 7) is 1.66. The van der Waals surface area contributed by atoms with E-state index in [9.17, 15) is 8.42 Å². The molecule has 20 heavy (non-hydrogen) atoms. The van der Waals surface area contributed by atoms with Gasteiger partial charge in [0.2, 0.25) is 0 Å². The third-order valence-corrected chi connectivity index (χ3v) is 3.66. The van der Waals surface area contributed by atoms with Crippen LogP contribution in [0.5, 0.6) is 0 Å². The maximum atomic E-state index is 12.1. The summed E-state index contributed by atoms with van der Waals surface area (Å²) in [6, 6.07) is 7.24. The van der Waals surface area contributed by atoms with E-state index in [0.29, 0.717) is 11.4 Å². The fourth-order valence-corrected chi connectivity index (χ4v) is 2.41. The second-order valence-electron chi connectivity index (χ2n) is 3.81. The van der Waals surface area contributed by atoms with Gasteiger partial charge in [0, 0.05) is 6.07 Å². The lowest BCUT2D eigenvalue weighted by molar-refractivity contribution is 0.240. The number of nitrogens with one attached hydrogen (secondary N) is 2. The van der Waals surface area contributed by atoms with Gasteiger partial charge in [0.1, 0.15) is 12.1 Å². The van der Waals surface area contributed by atoms with Gasteiger partial charge >= 0.3 is 0 Å². The Bertz CT molecular complexity index is 706. The zero-order valence-corrected chi connectivity index (χ0v) is 11.3. The molecule has 1 heterocycles. The van der Waals surface area contributed by atoms with Crippen LogP contribution in [-0.4, -0.2) is 25.1 Å². The first-order chi connectivity index (χ1) is 9.51. The summed E-state index contributed by atoms with van der Waals surface area (Å²) in [5.41, 5.74) is 2.24. The number of benzene rings is 1. The fraction of sp³-hybridized carbons (Fsp3) is 0.0909. The zero-order valence-electron chi connectivity index (χ0n) is 10.4. The summed E-state index contributed by atoms with van der Waals surface area (Å²) in [5, 5.41) is 11.9. The Kier molecular flexibility index (Phi) is 4.01. The van der Waals surface area contributed by atoms with Gasteiger partial charge in [0.05, 0.1) is 10.6 Å².